The average molecular weight is 519 g/mol. The molecule has 0 N–H and O–H groups in total. The van der Waals surface area contributed by atoms with Gasteiger partial charge >= 0.3 is 35.5 Å². The Balaban J connectivity index is 6.63. The molecule has 186 valence electrons. The third-order valence-corrected chi connectivity index (χ3v) is 4.59. The molecule has 0 fully saturated rings. The van der Waals surface area contributed by atoms with Crippen LogP contribution < -0.4 is 0 Å². The molecule has 0 aromatic heterocycles. The van der Waals surface area contributed by atoms with Gasteiger partial charge in [0.05, 0.1) is 6.67 Å². The summed E-state index contributed by atoms with van der Waals surface area (Å²) in [5.74, 6) is -31.3. The Hall–Kier alpha value is -1.09. The second-order valence-corrected chi connectivity index (χ2v) is 6.65. The maximum atomic E-state index is 13.9. The normalized spacial score (nSPS) is 18.4. The van der Waals surface area contributed by atoms with Crippen LogP contribution >= 0.6 is 11.6 Å². The summed E-state index contributed by atoms with van der Waals surface area (Å²) >= 11 is 4.07. The molecule has 0 rings (SSSR count). The van der Waals surface area contributed by atoms with Crippen molar-refractivity contribution < 1.29 is 70.2 Å². The number of hydrogen-bond acceptors (Lipinski definition) is 0. The van der Waals surface area contributed by atoms with Crippen molar-refractivity contribution in [1.29, 1.82) is 0 Å². The summed E-state index contributed by atoms with van der Waals surface area (Å²) in [5, 5.41) is -3.88. The molecule has 0 aromatic rings. The van der Waals surface area contributed by atoms with Crippen LogP contribution in [0, 0.1) is 5.92 Å². The zero-order valence-electron chi connectivity index (χ0n) is 14.7. The first-order valence-corrected chi connectivity index (χ1v) is 8.05. The van der Waals surface area contributed by atoms with Crippen molar-refractivity contribution >= 4 is 11.6 Å². The van der Waals surface area contributed by atoms with Crippen molar-refractivity contribution in [3.05, 3.63) is 11.1 Å². The van der Waals surface area contributed by atoms with E-state index in [2.05, 4.69) is 11.6 Å². The van der Waals surface area contributed by atoms with Crippen LogP contribution in [0.25, 0.3) is 0 Å². The molecule has 17 heteroatoms. The summed E-state index contributed by atoms with van der Waals surface area (Å²) < 4.78 is 212. The Morgan fingerprint density at radius 3 is 1.52 bits per heavy atom. The van der Waals surface area contributed by atoms with Crippen molar-refractivity contribution in [2.24, 2.45) is 5.92 Å². The van der Waals surface area contributed by atoms with Gasteiger partial charge in [-0.05, 0) is 12.8 Å². The summed E-state index contributed by atoms with van der Waals surface area (Å²) in [5.41, 5.74) is -7.20. The predicted octanol–water partition coefficient (Wildman–Crippen LogP) is 7.87. The van der Waals surface area contributed by atoms with E-state index < -0.39 is 78.3 Å². The molecule has 31 heavy (non-hydrogen) atoms. The van der Waals surface area contributed by atoms with Gasteiger partial charge in [0.25, 0.3) is 6.08 Å². The fourth-order valence-corrected chi connectivity index (χ4v) is 2.48. The Labute approximate surface area is 168 Å². The van der Waals surface area contributed by atoms with Crippen LogP contribution in [-0.2, 0) is 0 Å². The number of halogens is 17. The average Bonchev–Trinajstić information content (AvgIpc) is 2.62. The zero-order chi connectivity index (χ0) is 25.4. The molecule has 0 aliphatic rings. The van der Waals surface area contributed by atoms with Gasteiger partial charge in [0, 0.05) is 5.92 Å². The van der Waals surface area contributed by atoms with E-state index in [1.807, 2.05) is 0 Å². The second-order valence-electron chi connectivity index (χ2n) is 6.27. The predicted molar refractivity (Wildman–Crippen MR) is 74.0 cm³/mol. The maximum Gasteiger partial charge on any atom is 0.434 e. The number of allylic oxidation sites excluding steroid dienone is 1. The molecule has 0 spiro atoms. The summed E-state index contributed by atoms with van der Waals surface area (Å²) in [7, 11) is 0. The molecule has 0 saturated carbocycles. The highest BCUT2D eigenvalue weighted by molar-refractivity contribution is 6.31. The molecule has 0 aliphatic carbocycles. The van der Waals surface area contributed by atoms with Gasteiger partial charge in [-0.1, -0.05) is 18.5 Å². The third-order valence-electron chi connectivity index (χ3n) is 4.18. The van der Waals surface area contributed by atoms with Crippen LogP contribution in [0.1, 0.15) is 19.8 Å². The van der Waals surface area contributed by atoms with Crippen molar-refractivity contribution in [1.82, 2.24) is 0 Å². The van der Waals surface area contributed by atoms with Gasteiger partial charge < -0.3 is 0 Å². The van der Waals surface area contributed by atoms with E-state index in [1.54, 1.807) is 0 Å². The van der Waals surface area contributed by atoms with Crippen LogP contribution in [-0.4, -0.2) is 48.4 Å². The lowest BCUT2D eigenvalue weighted by Crippen LogP contribution is -2.69. The van der Waals surface area contributed by atoms with Crippen LogP contribution in [0.5, 0.6) is 0 Å². The third kappa shape index (κ3) is 4.68. The quantitative estimate of drug-likeness (QED) is 0.258. The van der Waals surface area contributed by atoms with Gasteiger partial charge in [-0.2, -0.15) is 57.1 Å². The van der Waals surface area contributed by atoms with Gasteiger partial charge in [0.15, 0.2) is 0 Å². The van der Waals surface area contributed by atoms with Crippen molar-refractivity contribution in [2.75, 3.05) is 6.67 Å². The summed E-state index contributed by atoms with van der Waals surface area (Å²) in [4.78, 5) is 0. The summed E-state index contributed by atoms with van der Waals surface area (Å²) in [6.07, 6.45) is -20.2. The highest BCUT2D eigenvalue weighted by atomic mass is 35.5. The topological polar surface area (TPSA) is 0 Å². The van der Waals surface area contributed by atoms with Gasteiger partial charge in [-0.3, -0.25) is 4.39 Å². The molecule has 0 aromatic carbocycles. The fraction of sp³-hybridized carbons (Fsp3) is 0.857. The smallest absolute Gasteiger partial charge is 0.251 e. The molecule has 0 aliphatic heterocycles. The van der Waals surface area contributed by atoms with Gasteiger partial charge in [-0.15, -0.1) is 0 Å². The van der Waals surface area contributed by atoms with Crippen molar-refractivity contribution in [2.45, 2.75) is 61.5 Å². The van der Waals surface area contributed by atoms with Crippen molar-refractivity contribution in [3.63, 3.8) is 0 Å². The standard InChI is InChI=1S/C14H11ClF16/c1-5(3-2-4-16)10(21,22)13(27,28)12(25,26)8(19)11(23,24)9(20,14(29,30)31)6(15)7(17)18/h5,8H,2-4H2,1H3. The molecule has 0 nitrogen and oxygen atoms in total. The Morgan fingerprint density at radius 2 is 1.19 bits per heavy atom. The zero-order valence-corrected chi connectivity index (χ0v) is 15.5. The molecule has 0 amide bonds. The first kappa shape index (κ1) is 29.9. The largest absolute Gasteiger partial charge is 0.434 e. The van der Waals surface area contributed by atoms with E-state index in [1.165, 1.54) is 0 Å². The lowest BCUT2D eigenvalue weighted by atomic mass is 9.83. The van der Waals surface area contributed by atoms with E-state index >= 15 is 0 Å². The number of rotatable bonds is 10. The Kier molecular flexibility index (Phi) is 8.72. The molecule has 0 radical (unpaired) electrons. The molecule has 0 bridgehead atoms. The molecule has 3 atom stereocenters. The van der Waals surface area contributed by atoms with Gasteiger partial charge in [-0.25, -0.2) is 8.78 Å². The Morgan fingerprint density at radius 1 is 0.774 bits per heavy atom. The minimum Gasteiger partial charge on any atom is -0.251 e. The molecule has 3 unspecified atom stereocenters. The van der Waals surface area contributed by atoms with Gasteiger partial charge in [0.2, 0.25) is 6.17 Å². The number of alkyl halides is 14. The van der Waals surface area contributed by atoms with Crippen LogP contribution in [0.2, 0.25) is 0 Å². The highest BCUT2D eigenvalue weighted by Crippen LogP contribution is 2.60. The molecule has 0 heterocycles. The van der Waals surface area contributed by atoms with E-state index in [9.17, 15) is 70.2 Å². The van der Waals surface area contributed by atoms with Crippen LogP contribution in [0.15, 0.2) is 11.1 Å². The minimum atomic E-state index is -7.56. The lowest BCUT2D eigenvalue weighted by Gasteiger charge is -2.42. The summed E-state index contributed by atoms with van der Waals surface area (Å²) in [6, 6.07) is 0. The van der Waals surface area contributed by atoms with Crippen molar-refractivity contribution in [3.8, 4) is 0 Å². The van der Waals surface area contributed by atoms with E-state index in [0.717, 1.165) is 0 Å². The molecular weight excluding hydrogens is 508 g/mol. The number of hydrogen-bond donors (Lipinski definition) is 0. The van der Waals surface area contributed by atoms with E-state index in [4.69, 9.17) is 0 Å². The summed E-state index contributed by atoms with van der Waals surface area (Å²) in [6.45, 7) is -1.35. The van der Waals surface area contributed by atoms with Crippen LogP contribution in [0.4, 0.5) is 70.2 Å². The fourth-order valence-electron chi connectivity index (χ4n) is 2.25. The first-order valence-electron chi connectivity index (χ1n) is 7.67. The second kappa shape index (κ2) is 9.04. The van der Waals surface area contributed by atoms with Gasteiger partial charge in [0.1, 0.15) is 5.03 Å². The van der Waals surface area contributed by atoms with Crippen LogP contribution in [0.3, 0.4) is 0 Å². The first-order chi connectivity index (χ1) is 13.5. The SMILES string of the molecule is CC(CCCF)C(F)(F)C(F)(F)C(F)(F)C(F)C(F)(F)C(F)(C(Cl)=C(F)F)C(F)(F)F. The lowest BCUT2D eigenvalue weighted by molar-refractivity contribution is -0.374. The maximum absolute atomic E-state index is 13.9. The minimum absolute atomic E-state index is 0.0816. The monoisotopic (exact) mass is 518 g/mol. The highest BCUT2D eigenvalue weighted by Gasteiger charge is 2.85. The van der Waals surface area contributed by atoms with E-state index in [-0.39, 0.29) is 6.92 Å². The van der Waals surface area contributed by atoms with E-state index in [0.29, 0.717) is 0 Å². The molecule has 0 saturated heterocycles. The Bertz CT molecular complexity index is 649. The molecular formula is C14H11ClF16.